The summed E-state index contributed by atoms with van der Waals surface area (Å²) in [7, 11) is 0. The van der Waals surface area contributed by atoms with Gasteiger partial charge in [0.1, 0.15) is 0 Å². The van der Waals surface area contributed by atoms with E-state index in [4.69, 9.17) is 16.6 Å². The van der Waals surface area contributed by atoms with Crippen LogP contribution in [-0.4, -0.2) is 10.2 Å². The average Bonchev–Trinajstić information content (AvgIpc) is 2.27. The number of rotatable bonds is 2. The summed E-state index contributed by atoms with van der Waals surface area (Å²) in [4.78, 5) is 0.388. The van der Waals surface area contributed by atoms with Gasteiger partial charge in [0, 0.05) is 6.42 Å². The maximum atomic E-state index is 5.14. The molecule has 0 amide bonds. The molecule has 0 bridgehead atoms. The van der Waals surface area contributed by atoms with Crippen LogP contribution in [0, 0.1) is 10.8 Å². The van der Waals surface area contributed by atoms with Crippen molar-refractivity contribution in [1.29, 1.82) is 0 Å². The van der Waals surface area contributed by atoms with E-state index in [0.29, 0.717) is 4.84 Å². The van der Waals surface area contributed by atoms with Crippen molar-refractivity contribution in [2.75, 3.05) is 0 Å². The van der Waals surface area contributed by atoms with Crippen LogP contribution in [0.3, 0.4) is 0 Å². The lowest BCUT2D eigenvalue weighted by molar-refractivity contribution is 0.289. The van der Waals surface area contributed by atoms with E-state index in [9.17, 15) is 0 Å². The first kappa shape index (κ1) is 7.03. The second-order valence-corrected chi connectivity index (χ2v) is 3.38. The van der Waals surface area contributed by atoms with Crippen LogP contribution < -0.4 is 0 Å². The SMILES string of the molecule is S=c1[nH]nc(CC2CCC2)o1. The molecule has 11 heavy (non-hydrogen) atoms. The normalized spacial score (nSPS) is 18.2. The first-order valence-electron chi connectivity index (χ1n) is 3.89. The average molecular weight is 170 g/mol. The predicted octanol–water partition coefficient (Wildman–Crippen LogP) is 2.07. The number of H-pyrrole nitrogens is 1. The van der Waals surface area contributed by atoms with Crippen LogP contribution in [0.5, 0.6) is 0 Å². The molecule has 2 rings (SSSR count). The topological polar surface area (TPSA) is 41.8 Å². The third-order valence-electron chi connectivity index (χ3n) is 2.17. The molecular weight excluding hydrogens is 160 g/mol. The van der Waals surface area contributed by atoms with Crippen LogP contribution in [0.2, 0.25) is 0 Å². The van der Waals surface area contributed by atoms with E-state index < -0.39 is 0 Å². The van der Waals surface area contributed by atoms with Crippen LogP contribution in [0.25, 0.3) is 0 Å². The maximum absolute atomic E-state index is 5.14. The van der Waals surface area contributed by atoms with Crippen molar-refractivity contribution in [1.82, 2.24) is 10.2 Å². The molecule has 4 heteroatoms. The van der Waals surface area contributed by atoms with E-state index in [-0.39, 0.29) is 0 Å². The van der Waals surface area contributed by atoms with Gasteiger partial charge in [-0.1, -0.05) is 6.42 Å². The second-order valence-electron chi connectivity index (χ2n) is 3.01. The lowest BCUT2D eigenvalue weighted by Crippen LogP contribution is -2.13. The summed E-state index contributed by atoms with van der Waals surface area (Å²) in [5.41, 5.74) is 0. The molecule has 1 aliphatic rings. The number of hydrogen-bond acceptors (Lipinski definition) is 3. The van der Waals surface area contributed by atoms with Gasteiger partial charge in [-0.2, -0.15) is 0 Å². The Bertz CT molecular complexity index is 287. The predicted molar refractivity (Wildman–Crippen MR) is 42.7 cm³/mol. The van der Waals surface area contributed by atoms with Crippen LogP contribution in [0.15, 0.2) is 4.42 Å². The zero-order chi connectivity index (χ0) is 7.68. The summed E-state index contributed by atoms with van der Waals surface area (Å²) in [6.45, 7) is 0. The second kappa shape index (κ2) is 2.77. The molecule has 1 N–H and O–H groups in total. The van der Waals surface area contributed by atoms with E-state index in [1.54, 1.807) is 0 Å². The molecule has 3 nitrogen and oxygen atoms in total. The number of nitrogens with zero attached hydrogens (tertiary/aromatic N) is 1. The quantitative estimate of drug-likeness (QED) is 0.691. The molecule has 1 heterocycles. The lowest BCUT2D eigenvalue weighted by Gasteiger charge is -2.23. The smallest absolute Gasteiger partial charge is 0.284 e. The van der Waals surface area contributed by atoms with Gasteiger partial charge in [0.2, 0.25) is 5.89 Å². The summed E-state index contributed by atoms with van der Waals surface area (Å²) >= 11 is 4.76. The van der Waals surface area contributed by atoms with E-state index in [0.717, 1.165) is 18.2 Å². The fourth-order valence-electron chi connectivity index (χ4n) is 1.29. The highest BCUT2D eigenvalue weighted by atomic mass is 32.1. The molecule has 0 radical (unpaired) electrons. The van der Waals surface area contributed by atoms with E-state index >= 15 is 0 Å². The zero-order valence-corrected chi connectivity index (χ0v) is 6.99. The highest BCUT2D eigenvalue weighted by Crippen LogP contribution is 2.28. The van der Waals surface area contributed by atoms with Crippen molar-refractivity contribution in [2.45, 2.75) is 25.7 Å². The van der Waals surface area contributed by atoms with Crippen molar-refractivity contribution in [3.63, 3.8) is 0 Å². The summed E-state index contributed by atoms with van der Waals surface area (Å²) in [5.74, 6) is 1.55. The van der Waals surface area contributed by atoms with E-state index in [1.807, 2.05) is 0 Å². The third-order valence-corrected chi connectivity index (χ3v) is 2.35. The summed E-state index contributed by atoms with van der Waals surface area (Å²) in [6.07, 6.45) is 4.94. The molecule has 60 valence electrons. The summed E-state index contributed by atoms with van der Waals surface area (Å²) < 4.78 is 5.14. The molecule has 0 aromatic carbocycles. The van der Waals surface area contributed by atoms with Gasteiger partial charge in [0.25, 0.3) is 4.84 Å². The number of nitrogens with one attached hydrogen (secondary N) is 1. The molecule has 0 atom stereocenters. The monoisotopic (exact) mass is 170 g/mol. The van der Waals surface area contributed by atoms with Crippen molar-refractivity contribution in [2.24, 2.45) is 5.92 Å². The van der Waals surface area contributed by atoms with Crippen molar-refractivity contribution in [3.8, 4) is 0 Å². The fourth-order valence-corrected chi connectivity index (χ4v) is 1.43. The molecule has 1 aliphatic carbocycles. The van der Waals surface area contributed by atoms with Gasteiger partial charge >= 0.3 is 0 Å². The summed E-state index contributed by atoms with van der Waals surface area (Å²) in [6, 6.07) is 0. The Labute approximate surface area is 69.8 Å². The number of aromatic nitrogens is 2. The Hall–Kier alpha value is -0.640. The van der Waals surface area contributed by atoms with Crippen LogP contribution in [0.1, 0.15) is 25.2 Å². The zero-order valence-electron chi connectivity index (χ0n) is 6.17. The Morgan fingerprint density at radius 3 is 2.91 bits per heavy atom. The molecule has 0 saturated heterocycles. The minimum atomic E-state index is 0.388. The first-order valence-corrected chi connectivity index (χ1v) is 4.30. The van der Waals surface area contributed by atoms with E-state index in [2.05, 4.69) is 10.2 Å². The van der Waals surface area contributed by atoms with Gasteiger partial charge in [0.05, 0.1) is 0 Å². The van der Waals surface area contributed by atoms with Gasteiger partial charge in [0.15, 0.2) is 0 Å². The molecule has 1 aromatic rings. The molecule has 1 saturated carbocycles. The molecule has 1 aromatic heterocycles. The fraction of sp³-hybridized carbons (Fsp3) is 0.714. The summed E-state index contributed by atoms with van der Waals surface area (Å²) in [5, 5.41) is 6.56. The first-order chi connectivity index (χ1) is 5.34. The molecule has 0 spiro atoms. The highest BCUT2D eigenvalue weighted by Gasteiger charge is 2.19. The van der Waals surface area contributed by atoms with Gasteiger partial charge in [-0.3, -0.25) is 0 Å². The van der Waals surface area contributed by atoms with Crippen molar-refractivity contribution < 1.29 is 4.42 Å². The Morgan fingerprint density at radius 2 is 2.45 bits per heavy atom. The molecule has 0 unspecified atom stereocenters. The Kier molecular flexibility index (Phi) is 1.77. The third kappa shape index (κ3) is 1.50. The number of hydrogen-bond donors (Lipinski definition) is 1. The Morgan fingerprint density at radius 1 is 1.64 bits per heavy atom. The van der Waals surface area contributed by atoms with Crippen molar-refractivity contribution >= 4 is 12.2 Å². The van der Waals surface area contributed by atoms with Gasteiger partial charge in [-0.15, -0.1) is 5.10 Å². The van der Waals surface area contributed by atoms with E-state index in [1.165, 1.54) is 19.3 Å². The van der Waals surface area contributed by atoms with Gasteiger partial charge in [-0.25, -0.2) is 5.10 Å². The van der Waals surface area contributed by atoms with Gasteiger partial charge < -0.3 is 4.42 Å². The minimum Gasteiger partial charge on any atom is -0.414 e. The highest BCUT2D eigenvalue weighted by molar-refractivity contribution is 7.71. The number of aromatic amines is 1. The largest absolute Gasteiger partial charge is 0.414 e. The van der Waals surface area contributed by atoms with Gasteiger partial charge in [-0.05, 0) is 31.0 Å². The molecule has 1 fully saturated rings. The maximum Gasteiger partial charge on any atom is 0.284 e. The van der Waals surface area contributed by atoms with Crippen LogP contribution >= 0.6 is 12.2 Å². The molecular formula is C7H10N2OS. The minimum absolute atomic E-state index is 0.388. The lowest BCUT2D eigenvalue weighted by atomic mass is 9.83. The standard InChI is InChI=1S/C7H10N2OS/c11-7-9-8-6(10-7)4-5-2-1-3-5/h5H,1-4H2,(H,9,11). The van der Waals surface area contributed by atoms with Crippen LogP contribution in [0.4, 0.5) is 0 Å². The van der Waals surface area contributed by atoms with Crippen molar-refractivity contribution in [3.05, 3.63) is 10.7 Å². The molecule has 0 aliphatic heterocycles. The van der Waals surface area contributed by atoms with Crippen LogP contribution in [-0.2, 0) is 6.42 Å². The Balaban J connectivity index is 2.00.